The average Bonchev–Trinajstić information content (AvgIpc) is 2.71. The van der Waals surface area contributed by atoms with Crippen molar-refractivity contribution < 1.29 is 17.6 Å². The van der Waals surface area contributed by atoms with Crippen molar-refractivity contribution >= 4 is 31.9 Å². The minimum atomic E-state index is -3.91. The zero-order valence-electron chi connectivity index (χ0n) is 11.1. The van der Waals surface area contributed by atoms with Crippen LogP contribution in [0.3, 0.4) is 0 Å². The van der Waals surface area contributed by atoms with Gasteiger partial charge in [0.05, 0.1) is 0 Å². The van der Waals surface area contributed by atoms with E-state index in [0.29, 0.717) is 5.92 Å². The van der Waals surface area contributed by atoms with E-state index < -0.39 is 15.9 Å². The Morgan fingerprint density at radius 1 is 1.50 bits per heavy atom. The van der Waals surface area contributed by atoms with Crippen molar-refractivity contribution in [3.05, 3.63) is 16.5 Å². The van der Waals surface area contributed by atoms with Gasteiger partial charge in [0.2, 0.25) is 10.0 Å². The van der Waals surface area contributed by atoms with Crippen LogP contribution in [0.5, 0.6) is 0 Å². The van der Waals surface area contributed by atoms with Crippen LogP contribution in [0.15, 0.2) is 20.0 Å². The molecule has 1 amide bonds. The maximum Gasteiger partial charge on any atom is 0.287 e. The lowest BCUT2D eigenvalue weighted by Crippen LogP contribution is -2.37. The Kier molecular flexibility index (Phi) is 4.55. The van der Waals surface area contributed by atoms with Gasteiger partial charge < -0.3 is 9.73 Å². The third kappa shape index (κ3) is 3.62. The predicted octanol–water partition coefficient (Wildman–Crippen LogP) is 2.00. The van der Waals surface area contributed by atoms with Crippen LogP contribution in [0, 0.1) is 5.92 Å². The first kappa shape index (κ1) is 15.5. The molecule has 2 unspecified atom stereocenters. The molecule has 0 bridgehead atoms. The summed E-state index contributed by atoms with van der Waals surface area (Å²) in [4.78, 5) is 11.8. The standard InChI is InChI=1S/C12H17BrN2O4S/c1-7-3-2-4-8(5-7)15-12(16)9-6-10(11(13)19-9)20(14,17)18/h6-8H,2-5H2,1H3,(H,15,16)(H2,14,17,18). The van der Waals surface area contributed by atoms with E-state index in [1.54, 1.807) is 0 Å². The molecule has 0 aromatic carbocycles. The van der Waals surface area contributed by atoms with E-state index in [2.05, 4.69) is 28.2 Å². The maximum absolute atomic E-state index is 12.1. The largest absolute Gasteiger partial charge is 0.443 e. The Bertz CT molecular complexity index is 611. The number of halogens is 1. The van der Waals surface area contributed by atoms with Crippen LogP contribution in [0.25, 0.3) is 0 Å². The number of sulfonamides is 1. The van der Waals surface area contributed by atoms with Crippen LogP contribution in [0.4, 0.5) is 0 Å². The molecule has 1 aromatic rings. The molecule has 1 saturated carbocycles. The molecule has 1 aromatic heterocycles. The van der Waals surface area contributed by atoms with E-state index in [4.69, 9.17) is 9.56 Å². The molecule has 1 aliphatic rings. The number of hydrogen-bond acceptors (Lipinski definition) is 4. The van der Waals surface area contributed by atoms with E-state index in [9.17, 15) is 13.2 Å². The van der Waals surface area contributed by atoms with Crippen LogP contribution in [0.2, 0.25) is 0 Å². The van der Waals surface area contributed by atoms with E-state index in [-0.39, 0.29) is 21.4 Å². The Morgan fingerprint density at radius 3 is 2.75 bits per heavy atom. The first-order chi connectivity index (χ1) is 9.27. The van der Waals surface area contributed by atoms with Crippen molar-refractivity contribution in [3.63, 3.8) is 0 Å². The molecule has 0 radical (unpaired) electrons. The second kappa shape index (κ2) is 5.87. The van der Waals surface area contributed by atoms with Crippen LogP contribution in [-0.2, 0) is 10.0 Å². The molecule has 112 valence electrons. The SMILES string of the molecule is CC1CCCC(NC(=O)c2cc(S(N)(=O)=O)c(Br)o2)C1. The van der Waals surface area contributed by atoms with Crippen molar-refractivity contribution in [3.8, 4) is 0 Å². The van der Waals surface area contributed by atoms with E-state index in [0.717, 1.165) is 25.3 Å². The Balaban J connectivity index is 2.10. The predicted molar refractivity (Wildman–Crippen MR) is 76.7 cm³/mol. The first-order valence-corrected chi connectivity index (χ1v) is 8.74. The number of nitrogens with two attached hydrogens (primary N) is 1. The summed E-state index contributed by atoms with van der Waals surface area (Å²) in [7, 11) is -3.91. The molecular formula is C12H17BrN2O4S. The molecule has 0 saturated heterocycles. The van der Waals surface area contributed by atoms with Crippen LogP contribution in [-0.4, -0.2) is 20.4 Å². The molecule has 2 atom stereocenters. The highest BCUT2D eigenvalue weighted by molar-refractivity contribution is 9.10. The van der Waals surface area contributed by atoms with Gasteiger partial charge in [0.15, 0.2) is 10.4 Å². The van der Waals surface area contributed by atoms with E-state index >= 15 is 0 Å². The van der Waals surface area contributed by atoms with Crippen molar-refractivity contribution in [1.82, 2.24) is 5.32 Å². The molecule has 1 aliphatic carbocycles. The Labute approximate surface area is 126 Å². The minimum absolute atomic E-state index is 0.0536. The van der Waals surface area contributed by atoms with Crippen LogP contribution < -0.4 is 10.5 Å². The summed E-state index contributed by atoms with van der Waals surface area (Å²) in [6.07, 6.45) is 4.11. The number of rotatable bonds is 3. The first-order valence-electron chi connectivity index (χ1n) is 6.40. The smallest absolute Gasteiger partial charge is 0.287 e. The fourth-order valence-electron chi connectivity index (χ4n) is 2.48. The third-order valence-corrected chi connectivity index (χ3v) is 5.23. The highest BCUT2D eigenvalue weighted by Crippen LogP contribution is 2.26. The van der Waals surface area contributed by atoms with Gasteiger partial charge in [-0.05, 0) is 34.7 Å². The van der Waals surface area contributed by atoms with Gasteiger partial charge in [-0.2, -0.15) is 0 Å². The van der Waals surface area contributed by atoms with Gasteiger partial charge in [-0.1, -0.05) is 19.8 Å². The second-order valence-corrected chi connectivity index (χ2v) is 7.49. The number of hydrogen-bond donors (Lipinski definition) is 2. The maximum atomic E-state index is 12.1. The Hall–Kier alpha value is -0.860. The lowest BCUT2D eigenvalue weighted by atomic mass is 9.87. The van der Waals surface area contributed by atoms with Gasteiger partial charge in [-0.15, -0.1) is 0 Å². The van der Waals surface area contributed by atoms with Gasteiger partial charge in [0, 0.05) is 12.1 Å². The number of furan rings is 1. The summed E-state index contributed by atoms with van der Waals surface area (Å²) in [6.45, 7) is 2.15. The van der Waals surface area contributed by atoms with E-state index in [1.807, 2.05) is 0 Å². The van der Waals surface area contributed by atoms with Gasteiger partial charge in [-0.3, -0.25) is 4.79 Å². The summed E-state index contributed by atoms with van der Waals surface area (Å²) in [5.41, 5.74) is 0. The molecule has 1 fully saturated rings. The summed E-state index contributed by atoms with van der Waals surface area (Å²) < 4.78 is 27.6. The molecule has 2 rings (SSSR count). The minimum Gasteiger partial charge on any atom is -0.443 e. The quantitative estimate of drug-likeness (QED) is 0.855. The van der Waals surface area contributed by atoms with Crippen molar-refractivity contribution in [2.24, 2.45) is 11.1 Å². The van der Waals surface area contributed by atoms with E-state index in [1.165, 1.54) is 6.42 Å². The number of carbonyl (C=O) groups excluding carboxylic acids is 1. The topological polar surface area (TPSA) is 102 Å². The third-order valence-electron chi connectivity index (χ3n) is 3.46. The van der Waals surface area contributed by atoms with Gasteiger partial charge in [0.1, 0.15) is 4.90 Å². The van der Waals surface area contributed by atoms with Crippen LogP contribution in [0.1, 0.15) is 43.2 Å². The monoisotopic (exact) mass is 364 g/mol. The number of nitrogens with one attached hydrogen (secondary N) is 1. The number of carbonyl (C=O) groups is 1. The molecule has 0 spiro atoms. The summed E-state index contributed by atoms with van der Waals surface area (Å²) in [5.74, 6) is 0.108. The van der Waals surface area contributed by atoms with Gasteiger partial charge >= 0.3 is 0 Å². The fourth-order valence-corrected chi connectivity index (χ4v) is 3.98. The lowest BCUT2D eigenvalue weighted by molar-refractivity contribution is 0.0892. The van der Waals surface area contributed by atoms with Gasteiger partial charge in [0.25, 0.3) is 5.91 Å². The fraction of sp³-hybridized carbons (Fsp3) is 0.583. The zero-order chi connectivity index (χ0) is 14.9. The van der Waals surface area contributed by atoms with Gasteiger partial charge in [-0.25, -0.2) is 13.6 Å². The van der Waals surface area contributed by atoms with Crippen molar-refractivity contribution in [1.29, 1.82) is 0 Å². The summed E-state index contributed by atoms with van der Waals surface area (Å²) in [5, 5.41) is 7.89. The number of primary sulfonamides is 1. The number of amides is 1. The molecule has 3 N–H and O–H groups in total. The molecule has 1 heterocycles. The molecule has 6 nitrogen and oxygen atoms in total. The van der Waals surface area contributed by atoms with Crippen LogP contribution >= 0.6 is 15.9 Å². The second-order valence-electron chi connectivity index (χ2n) is 5.24. The van der Waals surface area contributed by atoms with Crippen molar-refractivity contribution in [2.75, 3.05) is 0 Å². The Morgan fingerprint density at radius 2 is 2.20 bits per heavy atom. The highest BCUT2D eigenvalue weighted by Gasteiger charge is 2.25. The summed E-state index contributed by atoms with van der Waals surface area (Å²) in [6, 6.07) is 1.24. The normalized spacial score (nSPS) is 23.6. The van der Waals surface area contributed by atoms with Crippen molar-refractivity contribution in [2.45, 2.75) is 43.5 Å². The average molecular weight is 365 g/mol. The lowest BCUT2D eigenvalue weighted by Gasteiger charge is -2.27. The molecular weight excluding hydrogens is 348 g/mol. The molecule has 0 aliphatic heterocycles. The zero-order valence-corrected chi connectivity index (χ0v) is 13.5. The highest BCUT2D eigenvalue weighted by atomic mass is 79.9. The molecule has 8 heteroatoms. The molecule has 20 heavy (non-hydrogen) atoms. The summed E-state index contributed by atoms with van der Waals surface area (Å²) >= 11 is 2.95.